The molecule has 152 valence electrons. The first kappa shape index (κ1) is 25.1. The third-order valence-electron chi connectivity index (χ3n) is 4.18. The van der Waals surface area contributed by atoms with E-state index in [4.69, 9.17) is 4.74 Å². The summed E-state index contributed by atoms with van der Waals surface area (Å²) in [6.07, 6.45) is 3.22. The van der Waals surface area contributed by atoms with Crippen LogP contribution in [0.5, 0.6) is 0 Å². The molecule has 1 saturated heterocycles. The number of nitrogens with zero attached hydrogens (tertiary/aromatic N) is 3. The highest BCUT2D eigenvalue weighted by molar-refractivity contribution is 14.0. The first-order chi connectivity index (χ1) is 11.9. The maximum atomic E-state index is 11.8. The van der Waals surface area contributed by atoms with E-state index in [0.717, 1.165) is 51.1 Å². The van der Waals surface area contributed by atoms with Gasteiger partial charge in [-0.3, -0.25) is 4.79 Å². The van der Waals surface area contributed by atoms with Crippen LogP contribution in [0, 0.1) is 0 Å². The Hall–Kier alpha value is -0.870. The van der Waals surface area contributed by atoms with Crippen LogP contribution in [-0.2, 0) is 9.53 Å². The topological polar surface area (TPSA) is 69.2 Å². The molecule has 2 N–H and O–H groups in total. The molecule has 1 fully saturated rings. The molecular weight excluding hydrogens is 445 g/mol. The van der Waals surface area contributed by atoms with Gasteiger partial charge in [0.2, 0.25) is 5.91 Å². The Bertz CT molecular complexity index is 449. The molecule has 0 atom stereocenters. The highest BCUT2D eigenvalue weighted by Gasteiger charge is 2.19. The zero-order chi connectivity index (χ0) is 18.7. The van der Waals surface area contributed by atoms with Crippen molar-refractivity contribution in [1.82, 2.24) is 20.4 Å². The van der Waals surface area contributed by atoms with Gasteiger partial charge in [0.25, 0.3) is 0 Å². The molecule has 0 unspecified atom stereocenters. The zero-order valence-corrected chi connectivity index (χ0v) is 19.0. The summed E-state index contributed by atoms with van der Waals surface area (Å²) in [5, 5.41) is 6.72. The highest BCUT2D eigenvalue weighted by Crippen LogP contribution is 2.10. The minimum absolute atomic E-state index is 0. The number of methoxy groups -OCH3 is 1. The summed E-state index contributed by atoms with van der Waals surface area (Å²) in [5.74, 6) is 0.681. The number of rotatable bonds is 9. The predicted molar refractivity (Wildman–Crippen MR) is 118 cm³/mol. The number of ether oxygens (including phenoxy) is 1. The molecule has 0 saturated carbocycles. The van der Waals surface area contributed by atoms with Gasteiger partial charge in [-0.1, -0.05) is 12.2 Å². The van der Waals surface area contributed by atoms with E-state index in [9.17, 15) is 4.79 Å². The number of hydrogen-bond acceptors (Lipinski definition) is 4. The van der Waals surface area contributed by atoms with Crippen molar-refractivity contribution in [3.8, 4) is 0 Å². The largest absolute Gasteiger partial charge is 0.385 e. The SMILES string of the molecule is C=C(C)CNC(=NCC(=O)N(C)C)NC1CCN(CCCOC)CC1.I. The number of carbonyl (C=O) groups excluding carboxylic acids is 1. The molecule has 1 aliphatic heterocycles. The van der Waals surface area contributed by atoms with Gasteiger partial charge in [-0.15, -0.1) is 24.0 Å². The van der Waals surface area contributed by atoms with Crippen LogP contribution in [0.15, 0.2) is 17.1 Å². The Kier molecular flexibility index (Phi) is 13.7. The van der Waals surface area contributed by atoms with E-state index in [2.05, 4.69) is 27.1 Å². The molecule has 8 heteroatoms. The fourth-order valence-corrected chi connectivity index (χ4v) is 2.60. The summed E-state index contributed by atoms with van der Waals surface area (Å²) in [7, 11) is 5.23. The third-order valence-corrected chi connectivity index (χ3v) is 4.18. The number of nitrogens with one attached hydrogen (secondary N) is 2. The number of aliphatic imine (C=N–C) groups is 1. The molecule has 0 bridgehead atoms. The van der Waals surface area contributed by atoms with Crippen molar-refractivity contribution in [2.75, 3.05) is 60.5 Å². The molecule has 1 rings (SSSR count). The lowest BCUT2D eigenvalue weighted by Crippen LogP contribution is -2.49. The van der Waals surface area contributed by atoms with Crippen molar-refractivity contribution in [2.45, 2.75) is 32.2 Å². The summed E-state index contributed by atoms with van der Waals surface area (Å²) in [5.41, 5.74) is 1.03. The standard InChI is InChI=1S/C18H35N5O2.HI/c1-15(2)13-19-18(20-14-17(24)22(3)4)21-16-7-10-23(11-8-16)9-6-12-25-5;/h16H,1,6-14H2,2-5H3,(H2,19,20,21);1H. The number of guanidine groups is 1. The molecule has 1 heterocycles. The molecular formula is C18H36IN5O2. The maximum absolute atomic E-state index is 11.8. The number of amides is 1. The van der Waals surface area contributed by atoms with Gasteiger partial charge in [-0.05, 0) is 26.2 Å². The first-order valence-corrected chi connectivity index (χ1v) is 9.03. The van der Waals surface area contributed by atoms with Gasteiger partial charge in [-0.2, -0.15) is 0 Å². The number of piperidine rings is 1. The average Bonchev–Trinajstić information content (AvgIpc) is 2.58. The van der Waals surface area contributed by atoms with Crippen LogP contribution >= 0.6 is 24.0 Å². The second-order valence-electron chi connectivity index (χ2n) is 6.87. The molecule has 0 aromatic carbocycles. The van der Waals surface area contributed by atoms with Crippen LogP contribution in [-0.4, -0.2) is 88.2 Å². The van der Waals surface area contributed by atoms with Gasteiger partial charge < -0.3 is 25.2 Å². The van der Waals surface area contributed by atoms with Crippen LogP contribution in [0.25, 0.3) is 0 Å². The smallest absolute Gasteiger partial charge is 0.243 e. The third kappa shape index (κ3) is 11.0. The Morgan fingerprint density at radius 3 is 2.54 bits per heavy atom. The minimum atomic E-state index is -0.00983. The summed E-state index contributed by atoms with van der Waals surface area (Å²) >= 11 is 0. The molecule has 7 nitrogen and oxygen atoms in total. The maximum Gasteiger partial charge on any atom is 0.243 e. The van der Waals surface area contributed by atoms with Crippen LogP contribution in [0.2, 0.25) is 0 Å². The van der Waals surface area contributed by atoms with Crippen molar-refractivity contribution in [3.63, 3.8) is 0 Å². The Labute approximate surface area is 175 Å². The van der Waals surface area contributed by atoms with Crippen LogP contribution in [0.4, 0.5) is 0 Å². The van der Waals surface area contributed by atoms with Gasteiger partial charge in [0.15, 0.2) is 5.96 Å². The van der Waals surface area contributed by atoms with E-state index < -0.39 is 0 Å². The first-order valence-electron chi connectivity index (χ1n) is 9.03. The number of hydrogen-bond donors (Lipinski definition) is 2. The van der Waals surface area contributed by atoms with Crippen LogP contribution < -0.4 is 10.6 Å². The lowest BCUT2D eigenvalue weighted by molar-refractivity contribution is -0.127. The number of carbonyl (C=O) groups is 1. The minimum Gasteiger partial charge on any atom is -0.385 e. The Morgan fingerprint density at radius 1 is 1.35 bits per heavy atom. The van der Waals surface area contributed by atoms with Crippen molar-refractivity contribution in [1.29, 1.82) is 0 Å². The van der Waals surface area contributed by atoms with E-state index in [1.54, 1.807) is 26.1 Å². The van der Waals surface area contributed by atoms with E-state index in [1.807, 2.05) is 6.92 Å². The molecule has 1 amide bonds. The summed E-state index contributed by atoms with van der Waals surface area (Å²) < 4.78 is 5.11. The normalized spacial score (nSPS) is 15.9. The number of halogens is 1. The Morgan fingerprint density at radius 2 is 2.00 bits per heavy atom. The summed E-state index contributed by atoms with van der Waals surface area (Å²) in [6, 6.07) is 0.379. The van der Waals surface area contributed by atoms with Crippen molar-refractivity contribution in [2.24, 2.45) is 4.99 Å². The van der Waals surface area contributed by atoms with E-state index >= 15 is 0 Å². The highest BCUT2D eigenvalue weighted by atomic mass is 127. The zero-order valence-electron chi connectivity index (χ0n) is 16.7. The van der Waals surface area contributed by atoms with Crippen molar-refractivity contribution < 1.29 is 9.53 Å². The molecule has 0 aromatic rings. The van der Waals surface area contributed by atoms with Gasteiger partial charge in [0.05, 0.1) is 0 Å². The molecule has 0 aliphatic carbocycles. The van der Waals surface area contributed by atoms with Gasteiger partial charge >= 0.3 is 0 Å². The lowest BCUT2D eigenvalue weighted by atomic mass is 10.1. The van der Waals surface area contributed by atoms with E-state index in [0.29, 0.717) is 18.5 Å². The quantitative estimate of drug-likeness (QED) is 0.171. The van der Waals surface area contributed by atoms with Gasteiger partial charge in [0, 0.05) is 60.0 Å². The fraction of sp³-hybridized carbons (Fsp3) is 0.778. The number of likely N-dealkylation sites (tertiary alicyclic amines) is 1. The molecule has 0 spiro atoms. The van der Waals surface area contributed by atoms with Gasteiger partial charge in [-0.25, -0.2) is 4.99 Å². The second kappa shape index (κ2) is 14.2. The van der Waals surface area contributed by atoms with Crippen LogP contribution in [0.3, 0.4) is 0 Å². The molecule has 0 aromatic heterocycles. The average molecular weight is 481 g/mol. The Balaban J connectivity index is 0.00000625. The predicted octanol–water partition coefficient (Wildman–Crippen LogP) is 1.30. The summed E-state index contributed by atoms with van der Waals surface area (Å²) in [4.78, 5) is 20.2. The summed E-state index contributed by atoms with van der Waals surface area (Å²) in [6.45, 7) is 10.7. The van der Waals surface area contributed by atoms with Crippen molar-refractivity contribution >= 4 is 35.8 Å². The van der Waals surface area contributed by atoms with Crippen molar-refractivity contribution in [3.05, 3.63) is 12.2 Å². The van der Waals surface area contributed by atoms with Crippen LogP contribution in [0.1, 0.15) is 26.2 Å². The second-order valence-corrected chi connectivity index (χ2v) is 6.87. The number of likely N-dealkylation sites (N-methyl/N-ethyl adjacent to an activating group) is 1. The van der Waals surface area contributed by atoms with E-state index in [-0.39, 0.29) is 36.4 Å². The lowest BCUT2D eigenvalue weighted by Gasteiger charge is -2.33. The fourth-order valence-electron chi connectivity index (χ4n) is 2.60. The van der Waals surface area contributed by atoms with E-state index in [1.165, 1.54) is 0 Å². The van der Waals surface area contributed by atoms with Gasteiger partial charge in [0.1, 0.15) is 6.54 Å². The monoisotopic (exact) mass is 481 g/mol. The molecule has 26 heavy (non-hydrogen) atoms. The molecule has 1 aliphatic rings. The molecule has 0 radical (unpaired) electrons.